The molecule has 0 aromatic heterocycles. The second-order valence-electron chi connectivity index (χ2n) is 6.00. The summed E-state index contributed by atoms with van der Waals surface area (Å²) in [5.41, 5.74) is 1.06. The Morgan fingerprint density at radius 1 is 1.11 bits per heavy atom. The number of anilines is 2. The van der Waals surface area contributed by atoms with E-state index in [4.69, 9.17) is 27.9 Å². The lowest BCUT2D eigenvalue weighted by Gasteiger charge is -2.18. The zero-order valence-corrected chi connectivity index (χ0v) is 15.7. The van der Waals surface area contributed by atoms with Gasteiger partial charge in [0.05, 0.1) is 21.7 Å². The molecule has 1 heterocycles. The van der Waals surface area contributed by atoms with Crippen LogP contribution in [0.4, 0.5) is 11.4 Å². The van der Waals surface area contributed by atoms with Gasteiger partial charge in [-0.05, 0) is 24.3 Å². The van der Waals surface area contributed by atoms with Gasteiger partial charge >= 0.3 is 5.97 Å². The number of benzene rings is 2. The summed E-state index contributed by atoms with van der Waals surface area (Å²) in [6, 6.07) is 13.8. The molecular formula is C19H16Cl2N2O4. The Morgan fingerprint density at radius 2 is 1.85 bits per heavy atom. The van der Waals surface area contributed by atoms with Gasteiger partial charge in [-0.2, -0.15) is 0 Å². The normalized spacial score (nSPS) is 16.3. The van der Waals surface area contributed by atoms with Gasteiger partial charge in [-0.25, -0.2) is 0 Å². The van der Waals surface area contributed by atoms with E-state index in [1.165, 1.54) is 4.90 Å². The van der Waals surface area contributed by atoms with Gasteiger partial charge in [-0.15, -0.1) is 0 Å². The first-order valence-electron chi connectivity index (χ1n) is 8.21. The number of nitrogens with one attached hydrogen (secondary N) is 1. The summed E-state index contributed by atoms with van der Waals surface area (Å²) in [5.74, 6) is -1.98. The molecule has 0 aliphatic carbocycles. The van der Waals surface area contributed by atoms with Crippen molar-refractivity contribution in [2.45, 2.75) is 6.42 Å². The van der Waals surface area contributed by atoms with Crippen LogP contribution in [-0.4, -0.2) is 30.9 Å². The Kier molecular flexibility index (Phi) is 5.98. The lowest BCUT2D eigenvalue weighted by molar-refractivity contribution is -0.151. The molecule has 2 aromatic carbocycles. The number of nitrogens with zero attached hydrogens (tertiary/aromatic N) is 1. The highest BCUT2D eigenvalue weighted by atomic mass is 35.5. The van der Waals surface area contributed by atoms with Gasteiger partial charge in [0, 0.05) is 18.7 Å². The number of amides is 2. The molecule has 1 aliphatic rings. The van der Waals surface area contributed by atoms with Crippen molar-refractivity contribution in [1.29, 1.82) is 0 Å². The van der Waals surface area contributed by atoms with E-state index < -0.39 is 24.4 Å². The summed E-state index contributed by atoms with van der Waals surface area (Å²) in [7, 11) is 0. The predicted octanol–water partition coefficient (Wildman–Crippen LogP) is 3.53. The maximum absolute atomic E-state index is 12.3. The fraction of sp³-hybridized carbons (Fsp3) is 0.211. The number of ether oxygens (including phenoxy) is 1. The van der Waals surface area contributed by atoms with Gasteiger partial charge < -0.3 is 15.0 Å². The first-order valence-corrected chi connectivity index (χ1v) is 8.97. The second-order valence-corrected chi connectivity index (χ2v) is 6.79. The van der Waals surface area contributed by atoms with Crippen LogP contribution in [-0.2, 0) is 19.1 Å². The topological polar surface area (TPSA) is 75.7 Å². The van der Waals surface area contributed by atoms with Crippen LogP contribution in [0, 0.1) is 5.92 Å². The van der Waals surface area contributed by atoms with Crippen LogP contribution < -0.4 is 10.2 Å². The number of carbonyl (C=O) groups excluding carboxylic acids is 3. The Balaban J connectivity index is 1.56. The number of hydrogen-bond donors (Lipinski definition) is 1. The van der Waals surface area contributed by atoms with E-state index in [0.29, 0.717) is 16.4 Å². The summed E-state index contributed by atoms with van der Waals surface area (Å²) in [5, 5.41) is 3.20. The molecule has 3 rings (SSSR count). The predicted molar refractivity (Wildman–Crippen MR) is 103 cm³/mol. The molecule has 140 valence electrons. The smallest absolute Gasteiger partial charge is 0.311 e. The summed E-state index contributed by atoms with van der Waals surface area (Å²) in [4.78, 5) is 37.8. The average molecular weight is 407 g/mol. The quantitative estimate of drug-likeness (QED) is 0.770. The maximum atomic E-state index is 12.3. The van der Waals surface area contributed by atoms with Crippen molar-refractivity contribution >= 4 is 52.4 Å². The third kappa shape index (κ3) is 4.59. The Hall–Kier alpha value is -2.57. The molecule has 0 spiro atoms. The van der Waals surface area contributed by atoms with Gasteiger partial charge in [-0.1, -0.05) is 47.5 Å². The van der Waals surface area contributed by atoms with Gasteiger partial charge in [0.2, 0.25) is 5.91 Å². The van der Waals surface area contributed by atoms with Gasteiger partial charge in [0.25, 0.3) is 5.91 Å². The Morgan fingerprint density at radius 3 is 2.59 bits per heavy atom. The van der Waals surface area contributed by atoms with Gasteiger partial charge in [0.15, 0.2) is 6.61 Å². The van der Waals surface area contributed by atoms with E-state index in [1.54, 1.807) is 42.5 Å². The first kappa shape index (κ1) is 19.2. The van der Waals surface area contributed by atoms with E-state index in [2.05, 4.69) is 5.32 Å². The fourth-order valence-electron chi connectivity index (χ4n) is 2.77. The molecule has 0 bridgehead atoms. The summed E-state index contributed by atoms with van der Waals surface area (Å²) >= 11 is 12.1. The van der Waals surface area contributed by atoms with Crippen molar-refractivity contribution in [3.8, 4) is 0 Å². The highest BCUT2D eigenvalue weighted by Crippen LogP contribution is 2.35. The first-order chi connectivity index (χ1) is 13.0. The van der Waals surface area contributed by atoms with Crippen molar-refractivity contribution in [3.05, 3.63) is 58.6 Å². The molecule has 2 aromatic rings. The summed E-state index contributed by atoms with van der Waals surface area (Å²) < 4.78 is 5.06. The highest BCUT2D eigenvalue weighted by molar-refractivity contribution is 6.44. The molecule has 0 radical (unpaired) electrons. The van der Waals surface area contributed by atoms with E-state index in [1.807, 2.05) is 6.07 Å². The van der Waals surface area contributed by atoms with Crippen LogP contribution in [0.3, 0.4) is 0 Å². The van der Waals surface area contributed by atoms with Crippen LogP contribution in [0.2, 0.25) is 10.0 Å². The van der Waals surface area contributed by atoms with Gasteiger partial charge in [-0.3, -0.25) is 14.4 Å². The second kappa shape index (κ2) is 8.41. The Labute approximate surface area is 166 Å². The third-order valence-electron chi connectivity index (χ3n) is 4.08. The monoisotopic (exact) mass is 406 g/mol. The molecule has 8 heteroatoms. The van der Waals surface area contributed by atoms with E-state index >= 15 is 0 Å². The molecule has 0 unspecified atom stereocenters. The number of esters is 1. The van der Waals surface area contributed by atoms with Crippen LogP contribution in [0.5, 0.6) is 0 Å². The van der Waals surface area contributed by atoms with E-state index in [-0.39, 0.29) is 23.9 Å². The van der Waals surface area contributed by atoms with Crippen molar-refractivity contribution < 1.29 is 19.1 Å². The third-order valence-corrected chi connectivity index (χ3v) is 4.89. The minimum atomic E-state index is -0.669. The highest BCUT2D eigenvalue weighted by Gasteiger charge is 2.37. The number of carbonyl (C=O) groups is 3. The average Bonchev–Trinajstić information content (AvgIpc) is 3.04. The number of halogens is 2. The lowest BCUT2D eigenvalue weighted by Crippen LogP contribution is -2.28. The Bertz CT molecular complexity index is 873. The molecule has 1 saturated heterocycles. The summed E-state index contributed by atoms with van der Waals surface area (Å²) in [6.45, 7) is -0.297. The molecule has 1 fully saturated rings. The van der Waals surface area contributed by atoms with Crippen LogP contribution >= 0.6 is 23.2 Å². The molecule has 1 aliphatic heterocycles. The SMILES string of the molecule is O=C(COC(=O)[C@H]1CC(=O)N(c2cccc(Cl)c2Cl)C1)Nc1ccccc1. The van der Waals surface area contributed by atoms with E-state index in [9.17, 15) is 14.4 Å². The zero-order chi connectivity index (χ0) is 19.4. The number of para-hydroxylation sites is 1. The van der Waals surface area contributed by atoms with Crippen LogP contribution in [0.1, 0.15) is 6.42 Å². The van der Waals surface area contributed by atoms with Crippen molar-refractivity contribution in [2.24, 2.45) is 5.92 Å². The lowest BCUT2D eigenvalue weighted by atomic mass is 10.1. The molecule has 6 nitrogen and oxygen atoms in total. The standard InChI is InChI=1S/C19H16Cl2N2O4/c20-14-7-4-8-15(18(14)21)23-10-12(9-17(23)25)19(26)27-11-16(24)22-13-5-2-1-3-6-13/h1-8,12H,9-11H2,(H,22,24)/t12-/m0/s1. The molecule has 1 N–H and O–H groups in total. The number of rotatable bonds is 5. The molecule has 2 amide bonds. The van der Waals surface area contributed by atoms with Crippen molar-refractivity contribution in [2.75, 3.05) is 23.4 Å². The minimum Gasteiger partial charge on any atom is -0.455 e. The van der Waals surface area contributed by atoms with Crippen molar-refractivity contribution in [1.82, 2.24) is 0 Å². The van der Waals surface area contributed by atoms with E-state index in [0.717, 1.165) is 0 Å². The van der Waals surface area contributed by atoms with Crippen LogP contribution in [0.15, 0.2) is 48.5 Å². The number of hydrogen-bond acceptors (Lipinski definition) is 4. The maximum Gasteiger partial charge on any atom is 0.311 e. The molecular weight excluding hydrogens is 391 g/mol. The fourth-order valence-corrected chi connectivity index (χ4v) is 3.17. The largest absolute Gasteiger partial charge is 0.455 e. The van der Waals surface area contributed by atoms with Crippen LogP contribution in [0.25, 0.3) is 0 Å². The van der Waals surface area contributed by atoms with Crippen molar-refractivity contribution in [3.63, 3.8) is 0 Å². The van der Waals surface area contributed by atoms with Gasteiger partial charge in [0.1, 0.15) is 0 Å². The minimum absolute atomic E-state index is 0.0119. The molecule has 27 heavy (non-hydrogen) atoms. The molecule has 1 atom stereocenters. The summed E-state index contributed by atoms with van der Waals surface area (Å²) in [6.07, 6.45) is -0.0119. The zero-order valence-electron chi connectivity index (χ0n) is 14.2. The molecule has 0 saturated carbocycles.